The minimum atomic E-state index is -1.70. The third-order valence-electron chi connectivity index (χ3n) is 3.30. The summed E-state index contributed by atoms with van der Waals surface area (Å²) in [5.41, 5.74) is -2.95. The minimum absolute atomic E-state index is 0.302. The van der Waals surface area contributed by atoms with Crippen molar-refractivity contribution in [3.8, 4) is 12.3 Å². The van der Waals surface area contributed by atoms with Gasteiger partial charge in [-0.05, 0) is 13.8 Å². The molecule has 0 aromatic rings. The van der Waals surface area contributed by atoms with E-state index in [0.29, 0.717) is 0 Å². The van der Waals surface area contributed by atoms with Crippen LogP contribution in [0.2, 0.25) is 0 Å². The molecular weight excluding hydrogens is 224 g/mol. The fourth-order valence-electron chi connectivity index (χ4n) is 2.06. The minimum Gasteiger partial charge on any atom is -0.481 e. The fraction of sp³-hybridized carbons (Fsp3) is 0.583. The van der Waals surface area contributed by atoms with E-state index in [4.69, 9.17) is 11.5 Å². The van der Waals surface area contributed by atoms with Gasteiger partial charge in [-0.2, -0.15) is 0 Å². The molecule has 2 atom stereocenters. The van der Waals surface area contributed by atoms with Crippen LogP contribution in [0.5, 0.6) is 0 Å². The summed E-state index contributed by atoms with van der Waals surface area (Å²) >= 11 is 0. The van der Waals surface area contributed by atoms with Gasteiger partial charge < -0.3 is 10.2 Å². The van der Waals surface area contributed by atoms with Gasteiger partial charge in [0, 0.05) is 6.42 Å². The van der Waals surface area contributed by atoms with Crippen LogP contribution in [0.25, 0.3) is 0 Å². The van der Waals surface area contributed by atoms with Crippen molar-refractivity contribution in [3.05, 3.63) is 0 Å². The molecule has 5 heteroatoms. The molecule has 0 saturated heterocycles. The predicted octanol–water partition coefficient (Wildman–Crippen LogP) is 0.00970. The first-order valence-corrected chi connectivity index (χ1v) is 5.14. The first-order chi connectivity index (χ1) is 7.68. The summed E-state index contributed by atoms with van der Waals surface area (Å²) in [5, 5.41) is 18.4. The normalized spacial score (nSPS) is 28.8. The monoisotopic (exact) mass is 238 g/mol. The van der Waals surface area contributed by atoms with E-state index >= 15 is 0 Å². The summed E-state index contributed by atoms with van der Waals surface area (Å²) in [6, 6.07) is 0. The van der Waals surface area contributed by atoms with Crippen molar-refractivity contribution in [1.29, 1.82) is 0 Å². The zero-order chi connectivity index (χ0) is 13.4. The van der Waals surface area contributed by atoms with Crippen LogP contribution in [0.1, 0.15) is 26.7 Å². The van der Waals surface area contributed by atoms with Crippen LogP contribution < -0.4 is 0 Å². The van der Waals surface area contributed by atoms with E-state index in [2.05, 4.69) is 5.92 Å². The standard InChI is InChI=1S/C12H14O5/c1-4-12(7(13)5-9(15)16)6-8(14)11(2,3)10(12)17/h1,7,13H,5-6H2,2-3H3,(H,15,16). The van der Waals surface area contributed by atoms with E-state index in [-0.39, 0.29) is 12.2 Å². The van der Waals surface area contributed by atoms with Crippen LogP contribution in [0, 0.1) is 23.2 Å². The first-order valence-electron chi connectivity index (χ1n) is 5.14. The number of terminal acetylenes is 1. The molecule has 1 fully saturated rings. The third kappa shape index (κ3) is 1.85. The Bertz CT molecular complexity index is 429. The number of carbonyl (C=O) groups is 3. The SMILES string of the molecule is C#CC1(C(O)CC(=O)O)CC(=O)C(C)(C)C1=O. The Morgan fingerprint density at radius 1 is 1.53 bits per heavy atom. The summed E-state index contributed by atoms with van der Waals surface area (Å²) < 4.78 is 0. The molecule has 0 bridgehead atoms. The van der Waals surface area contributed by atoms with E-state index < -0.39 is 35.1 Å². The summed E-state index contributed by atoms with van der Waals surface area (Å²) in [6.07, 6.45) is 2.75. The molecular formula is C12H14O5. The Balaban J connectivity index is 3.17. The lowest BCUT2D eigenvalue weighted by atomic mass is 9.75. The zero-order valence-electron chi connectivity index (χ0n) is 9.69. The summed E-state index contributed by atoms with van der Waals surface area (Å²) in [5.74, 6) is -0.0800. The molecule has 1 rings (SSSR count). The largest absolute Gasteiger partial charge is 0.481 e. The molecule has 0 amide bonds. The lowest BCUT2D eigenvalue weighted by Gasteiger charge is -2.27. The molecule has 0 aliphatic heterocycles. The molecule has 0 spiro atoms. The predicted molar refractivity (Wildman–Crippen MR) is 57.9 cm³/mol. The second-order valence-electron chi connectivity index (χ2n) is 4.78. The average molecular weight is 238 g/mol. The highest BCUT2D eigenvalue weighted by Crippen LogP contribution is 2.45. The third-order valence-corrected chi connectivity index (χ3v) is 3.30. The lowest BCUT2D eigenvalue weighted by molar-refractivity contribution is -0.143. The van der Waals surface area contributed by atoms with Gasteiger partial charge in [0.05, 0.1) is 17.9 Å². The maximum absolute atomic E-state index is 12.1. The van der Waals surface area contributed by atoms with Crippen LogP contribution >= 0.6 is 0 Å². The van der Waals surface area contributed by atoms with Crippen LogP contribution in [0.4, 0.5) is 0 Å². The topological polar surface area (TPSA) is 91.7 Å². The zero-order valence-corrected chi connectivity index (χ0v) is 9.69. The van der Waals surface area contributed by atoms with E-state index in [0.717, 1.165) is 0 Å². The van der Waals surface area contributed by atoms with Gasteiger partial charge in [0.1, 0.15) is 11.2 Å². The summed E-state index contributed by atoms with van der Waals surface area (Å²) in [4.78, 5) is 34.3. The molecule has 0 aromatic carbocycles. The number of carbonyl (C=O) groups excluding carboxylic acids is 2. The van der Waals surface area contributed by atoms with Crippen molar-refractivity contribution in [3.63, 3.8) is 0 Å². The highest BCUT2D eigenvalue weighted by molar-refractivity contribution is 6.17. The number of hydrogen-bond donors (Lipinski definition) is 2. The second-order valence-corrected chi connectivity index (χ2v) is 4.78. The van der Waals surface area contributed by atoms with Crippen molar-refractivity contribution < 1.29 is 24.6 Å². The number of carboxylic acid groups (broad SMARTS) is 1. The summed E-state index contributed by atoms with van der Waals surface area (Å²) in [6.45, 7) is 2.87. The number of aliphatic hydroxyl groups is 1. The average Bonchev–Trinajstić information content (AvgIpc) is 2.39. The van der Waals surface area contributed by atoms with Crippen LogP contribution in [0.3, 0.4) is 0 Å². The molecule has 0 radical (unpaired) electrons. The van der Waals surface area contributed by atoms with Gasteiger partial charge in [-0.15, -0.1) is 6.42 Å². The van der Waals surface area contributed by atoms with Gasteiger partial charge in [-0.25, -0.2) is 0 Å². The van der Waals surface area contributed by atoms with Crippen molar-refractivity contribution >= 4 is 17.5 Å². The molecule has 0 heterocycles. The second kappa shape index (κ2) is 3.97. The number of aliphatic hydroxyl groups excluding tert-OH is 1. The number of aliphatic carboxylic acids is 1. The number of hydrogen-bond acceptors (Lipinski definition) is 4. The Hall–Kier alpha value is -1.67. The molecule has 1 aliphatic rings. The van der Waals surface area contributed by atoms with Gasteiger partial charge >= 0.3 is 5.97 Å². The van der Waals surface area contributed by atoms with Crippen molar-refractivity contribution in [1.82, 2.24) is 0 Å². The van der Waals surface area contributed by atoms with Crippen molar-refractivity contribution in [2.75, 3.05) is 0 Å². The Morgan fingerprint density at radius 3 is 2.35 bits per heavy atom. The molecule has 2 N–H and O–H groups in total. The van der Waals surface area contributed by atoms with E-state index in [1.807, 2.05) is 0 Å². The summed E-state index contributed by atoms with van der Waals surface area (Å²) in [7, 11) is 0. The number of ketones is 2. The highest BCUT2D eigenvalue weighted by atomic mass is 16.4. The maximum Gasteiger partial charge on any atom is 0.306 e. The van der Waals surface area contributed by atoms with Gasteiger partial charge in [0.15, 0.2) is 5.78 Å². The van der Waals surface area contributed by atoms with Gasteiger partial charge in [0.25, 0.3) is 0 Å². The molecule has 5 nitrogen and oxygen atoms in total. The molecule has 92 valence electrons. The number of rotatable bonds is 3. The van der Waals surface area contributed by atoms with Crippen LogP contribution in [-0.2, 0) is 14.4 Å². The van der Waals surface area contributed by atoms with Crippen molar-refractivity contribution in [2.45, 2.75) is 32.8 Å². The Morgan fingerprint density at radius 2 is 2.06 bits per heavy atom. The molecule has 2 unspecified atom stereocenters. The van der Waals surface area contributed by atoms with E-state index in [1.54, 1.807) is 0 Å². The molecule has 17 heavy (non-hydrogen) atoms. The number of Topliss-reactive ketones (excluding diaryl/α,β-unsaturated/α-hetero) is 2. The molecule has 0 aromatic heterocycles. The number of carboxylic acids is 1. The van der Waals surface area contributed by atoms with Gasteiger partial charge in [0.2, 0.25) is 0 Å². The van der Waals surface area contributed by atoms with E-state index in [9.17, 15) is 19.5 Å². The molecule has 1 aliphatic carbocycles. The first kappa shape index (κ1) is 13.4. The Kier molecular flexibility index (Phi) is 3.13. The maximum atomic E-state index is 12.1. The highest BCUT2D eigenvalue weighted by Gasteiger charge is 2.60. The Labute approximate surface area is 98.8 Å². The van der Waals surface area contributed by atoms with Crippen molar-refractivity contribution in [2.24, 2.45) is 10.8 Å². The molecule has 1 saturated carbocycles. The lowest BCUT2D eigenvalue weighted by Crippen LogP contribution is -2.42. The fourth-order valence-corrected chi connectivity index (χ4v) is 2.06. The van der Waals surface area contributed by atoms with Gasteiger partial charge in [-0.1, -0.05) is 5.92 Å². The van der Waals surface area contributed by atoms with Crippen LogP contribution in [0.15, 0.2) is 0 Å². The van der Waals surface area contributed by atoms with Crippen LogP contribution in [-0.4, -0.2) is 33.9 Å². The van der Waals surface area contributed by atoms with E-state index in [1.165, 1.54) is 13.8 Å². The smallest absolute Gasteiger partial charge is 0.306 e. The van der Waals surface area contributed by atoms with Gasteiger partial charge in [-0.3, -0.25) is 14.4 Å². The quantitative estimate of drug-likeness (QED) is 0.533.